The number of amides is 2. The number of rotatable bonds is 5. The highest BCUT2D eigenvalue weighted by molar-refractivity contribution is 6.39. The molecule has 0 aliphatic heterocycles. The molecule has 0 aliphatic rings. The van der Waals surface area contributed by atoms with Crippen LogP contribution >= 0.6 is 0 Å². The number of carbonyl (C=O) groups excluding carboxylic acids is 3. The number of carbonyl (C=O) groups is 3. The van der Waals surface area contributed by atoms with E-state index in [4.69, 9.17) is 4.74 Å². The van der Waals surface area contributed by atoms with Crippen LogP contribution in [0.3, 0.4) is 0 Å². The van der Waals surface area contributed by atoms with E-state index in [1.165, 1.54) is 37.6 Å². The van der Waals surface area contributed by atoms with Crippen LogP contribution in [0.5, 0.6) is 5.75 Å². The maximum absolute atomic E-state index is 11.8. The highest BCUT2D eigenvalue weighted by Gasteiger charge is 2.13. The maximum Gasteiger partial charge on any atom is 0.329 e. The number of ether oxygens (including phenoxy) is 1. The summed E-state index contributed by atoms with van der Waals surface area (Å²) in [5.74, 6) is -2.59. The van der Waals surface area contributed by atoms with Crippen molar-refractivity contribution in [2.45, 2.75) is 0 Å². The summed E-state index contributed by atoms with van der Waals surface area (Å²) in [5, 5.41) is 16.7. The molecule has 2 aromatic carbocycles. The van der Waals surface area contributed by atoms with Crippen molar-refractivity contribution in [2.24, 2.45) is 5.10 Å². The van der Waals surface area contributed by atoms with Gasteiger partial charge in [0.25, 0.3) is 0 Å². The molecule has 2 N–H and O–H groups in total. The quantitative estimate of drug-likeness (QED) is 0.456. The molecular weight excluding hydrogens is 326 g/mol. The van der Waals surface area contributed by atoms with Crippen LogP contribution in [-0.2, 0) is 9.59 Å². The molecule has 25 heavy (non-hydrogen) atoms. The van der Waals surface area contributed by atoms with E-state index in [1.807, 2.05) is 0 Å². The van der Waals surface area contributed by atoms with Crippen molar-refractivity contribution in [1.82, 2.24) is 5.43 Å². The Labute approximate surface area is 143 Å². The average Bonchev–Trinajstić information content (AvgIpc) is 2.62. The molecule has 8 heteroatoms. The molecule has 0 unspecified atom stereocenters. The lowest BCUT2D eigenvalue weighted by Gasteiger charge is -2.05. The van der Waals surface area contributed by atoms with Crippen molar-refractivity contribution >= 4 is 29.7 Å². The Morgan fingerprint density at radius 1 is 1.08 bits per heavy atom. The topological polar surface area (TPSA) is 120 Å². The summed E-state index contributed by atoms with van der Waals surface area (Å²) in [4.78, 5) is 34.1. The molecule has 2 amide bonds. The second kappa shape index (κ2) is 8.25. The first-order chi connectivity index (χ1) is 12.0. The van der Waals surface area contributed by atoms with Gasteiger partial charge < -0.3 is 20.0 Å². The first-order valence-electron chi connectivity index (χ1n) is 7.09. The molecule has 0 fully saturated rings. The maximum atomic E-state index is 11.8. The molecular formula is C17H14N3O5-. The third kappa shape index (κ3) is 5.17. The standard InChI is InChI=1S/C17H15N3O5/c1-25-14-4-2-3-13(9-14)19-15(21)16(22)20-18-10-11-5-7-12(8-6-11)17(23)24/h2-10H,1H3,(H,19,21)(H,20,22)(H,23,24)/p-1/b18-10-. The molecule has 0 aromatic heterocycles. The lowest BCUT2D eigenvalue weighted by atomic mass is 10.1. The number of nitrogens with one attached hydrogen (secondary N) is 2. The molecule has 2 rings (SSSR count). The summed E-state index contributed by atoms with van der Waals surface area (Å²) in [6.07, 6.45) is 1.27. The van der Waals surface area contributed by atoms with Gasteiger partial charge in [-0.2, -0.15) is 5.10 Å². The molecule has 2 aromatic rings. The van der Waals surface area contributed by atoms with Gasteiger partial charge in [0.2, 0.25) is 0 Å². The predicted octanol–water partition coefficient (Wildman–Crippen LogP) is 0.147. The van der Waals surface area contributed by atoms with E-state index in [0.717, 1.165) is 0 Å². The van der Waals surface area contributed by atoms with Gasteiger partial charge in [-0.1, -0.05) is 30.3 Å². The van der Waals surface area contributed by atoms with Gasteiger partial charge in [0, 0.05) is 11.8 Å². The number of anilines is 1. The summed E-state index contributed by atoms with van der Waals surface area (Å²) in [5.41, 5.74) is 3.05. The zero-order valence-corrected chi connectivity index (χ0v) is 13.2. The van der Waals surface area contributed by atoms with E-state index < -0.39 is 17.8 Å². The summed E-state index contributed by atoms with van der Waals surface area (Å²) in [7, 11) is 1.49. The molecule has 0 spiro atoms. The largest absolute Gasteiger partial charge is 0.545 e. The molecule has 8 nitrogen and oxygen atoms in total. The number of aromatic carboxylic acids is 1. The monoisotopic (exact) mass is 340 g/mol. The van der Waals surface area contributed by atoms with Crippen LogP contribution in [0.15, 0.2) is 53.6 Å². The Morgan fingerprint density at radius 2 is 1.80 bits per heavy atom. The molecule has 0 heterocycles. The molecule has 0 bridgehead atoms. The Hall–Kier alpha value is -3.68. The van der Waals surface area contributed by atoms with Crippen molar-refractivity contribution in [3.8, 4) is 5.75 Å². The van der Waals surface area contributed by atoms with Crippen LogP contribution in [-0.4, -0.2) is 31.1 Å². The normalized spacial score (nSPS) is 10.3. The van der Waals surface area contributed by atoms with Crippen molar-refractivity contribution in [2.75, 3.05) is 12.4 Å². The summed E-state index contributed by atoms with van der Waals surface area (Å²) in [6, 6.07) is 12.2. The molecule has 0 atom stereocenters. The fraction of sp³-hybridized carbons (Fsp3) is 0.0588. The minimum atomic E-state index is -1.29. The van der Waals surface area contributed by atoms with Gasteiger partial charge in [0.1, 0.15) is 5.75 Å². The lowest BCUT2D eigenvalue weighted by Crippen LogP contribution is -2.32. The van der Waals surface area contributed by atoms with E-state index in [1.54, 1.807) is 24.3 Å². The van der Waals surface area contributed by atoms with E-state index in [-0.39, 0.29) is 5.56 Å². The van der Waals surface area contributed by atoms with E-state index in [9.17, 15) is 19.5 Å². The minimum Gasteiger partial charge on any atom is -0.545 e. The molecule has 0 saturated heterocycles. The molecule has 0 radical (unpaired) electrons. The Morgan fingerprint density at radius 3 is 2.44 bits per heavy atom. The number of hydrogen-bond donors (Lipinski definition) is 2. The van der Waals surface area contributed by atoms with Crippen LogP contribution in [0.4, 0.5) is 5.69 Å². The first-order valence-corrected chi connectivity index (χ1v) is 7.09. The van der Waals surface area contributed by atoms with Gasteiger partial charge in [0.15, 0.2) is 0 Å². The minimum absolute atomic E-state index is 0.0267. The number of methoxy groups -OCH3 is 1. The number of hydrazone groups is 1. The van der Waals surface area contributed by atoms with Crippen LogP contribution in [0.1, 0.15) is 15.9 Å². The average molecular weight is 340 g/mol. The highest BCUT2D eigenvalue weighted by atomic mass is 16.5. The smallest absolute Gasteiger partial charge is 0.329 e. The Bertz CT molecular complexity index is 815. The van der Waals surface area contributed by atoms with Crippen molar-refractivity contribution in [3.05, 3.63) is 59.7 Å². The molecule has 0 aliphatic carbocycles. The van der Waals surface area contributed by atoms with Gasteiger partial charge in [0.05, 0.1) is 19.3 Å². The van der Waals surface area contributed by atoms with Crippen molar-refractivity contribution in [1.29, 1.82) is 0 Å². The van der Waals surface area contributed by atoms with Crippen molar-refractivity contribution < 1.29 is 24.2 Å². The lowest BCUT2D eigenvalue weighted by molar-refractivity contribution is -0.255. The first kappa shape index (κ1) is 17.7. The highest BCUT2D eigenvalue weighted by Crippen LogP contribution is 2.16. The number of nitrogens with zero attached hydrogens (tertiary/aromatic N) is 1. The summed E-state index contributed by atoms with van der Waals surface area (Å²) < 4.78 is 5.02. The molecule has 128 valence electrons. The van der Waals surface area contributed by atoms with Crippen LogP contribution in [0, 0.1) is 0 Å². The zero-order chi connectivity index (χ0) is 18.2. The number of carboxylic acids is 1. The number of hydrogen-bond acceptors (Lipinski definition) is 6. The Kier molecular flexibility index (Phi) is 5.83. The predicted molar refractivity (Wildman–Crippen MR) is 88.1 cm³/mol. The SMILES string of the molecule is COc1cccc(NC(=O)C(=O)N/N=C\c2ccc(C(=O)[O-])cc2)c1. The van der Waals surface area contributed by atoms with Gasteiger partial charge in [-0.25, -0.2) is 5.43 Å². The van der Waals surface area contributed by atoms with Gasteiger partial charge in [-0.15, -0.1) is 0 Å². The van der Waals surface area contributed by atoms with E-state index >= 15 is 0 Å². The third-order valence-electron chi connectivity index (χ3n) is 3.06. The van der Waals surface area contributed by atoms with E-state index in [2.05, 4.69) is 15.8 Å². The summed E-state index contributed by atoms with van der Waals surface area (Å²) in [6.45, 7) is 0. The van der Waals surface area contributed by atoms with E-state index in [0.29, 0.717) is 17.0 Å². The van der Waals surface area contributed by atoms with Crippen LogP contribution in [0.25, 0.3) is 0 Å². The van der Waals surface area contributed by atoms with Crippen LogP contribution < -0.4 is 20.6 Å². The summed E-state index contributed by atoms with van der Waals surface area (Å²) >= 11 is 0. The van der Waals surface area contributed by atoms with Crippen molar-refractivity contribution in [3.63, 3.8) is 0 Å². The van der Waals surface area contributed by atoms with Gasteiger partial charge >= 0.3 is 11.8 Å². The van der Waals surface area contributed by atoms with Gasteiger partial charge in [-0.05, 0) is 23.3 Å². The Balaban J connectivity index is 1.90. The second-order valence-corrected chi connectivity index (χ2v) is 4.79. The fourth-order valence-electron chi connectivity index (χ4n) is 1.81. The number of carboxylic acid groups (broad SMARTS) is 1. The van der Waals surface area contributed by atoms with Gasteiger partial charge in [-0.3, -0.25) is 9.59 Å². The fourth-order valence-corrected chi connectivity index (χ4v) is 1.81. The number of benzene rings is 2. The second-order valence-electron chi connectivity index (χ2n) is 4.79. The van der Waals surface area contributed by atoms with Crippen LogP contribution in [0.2, 0.25) is 0 Å². The molecule has 0 saturated carbocycles. The third-order valence-corrected chi connectivity index (χ3v) is 3.06. The zero-order valence-electron chi connectivity index (χ0n) is 13.2.